The first-order chi connectivity index (χ1) is 14.0. The fourth-order valence-electron chi connectivity index (χ4n) is 2.89. The number of phenolic OH excluding ortho intramolecular Hbond substituents is 3. The Morgan fingerprint density at radius 2 is 1.62 bits per heavy atom. The molecule has 0 saturated carbocycles. The summed E-state index contributed by atoms with van der Waals surface area (Å²) >= 11 is 0. The van der Waals surface area contributed by atoms with Gasteiger partial charge >= 0.3 is 0 Å². The molecule has 0 unspecified atom stereocenters. The molecule has 0 atom stereocenters. The summed E-state index contributed by atoms with van der Waals surface area (Å²) in [5.41, 5.74) is 0.672. The molecule has 1 heterocycles. The number of carbonyl (C=O) groups is 1. The van der Waals surface area contributed by atoms with E-state index in [0.29, 0.717) is 12.1 Å². The highest BCUT2D eigenvalue weighted by molar-refractivity contribution is 5.95. The van der Waals surface area contributed by atoms with Gasteiger partial charge in [0.05, 0.1) is 6.21 Å². The molecule has 0 spiro atoms. The van der Waals surface area contributed by atoms with E-state index in [9.17, 15) is 20.1 Å². The molecule has 0 aliphatic heterocycles. The molecule has 156 valence electrons. The number of benzene rings is 1. The number of hydrogen-bond donors (Lipinski definition) is 3. The van der Waals surface area contributed by atoms with Crippen molar-refractivity contribution in [2.75, 3.05) is 6.54 Å². The van der Waals surface area contributed by atoms with Gasteiger partial charge in [-0.15, -0.1) is 0 Å². The van der Waals surface area contributed by atoms with Crippen molar-refractivity contribution in [3.8, 4) is 17.2 Å². The van der Waals surface area contributed by atoms with Crippen molar-refractivity contribution in [1.82, 2.24) is 9.99 Å². The molecular weight excluding hydrogens is 370 g/mol. The van der Waals surface area contributed by atoms with E-state index in [0.717, 1.165) is 19.3 Å². The molecule has 0 radical (unpaired) electrons. The standard InChI is InChI=1S/C22H29N3O4/c1-2-3-4-5-6-7-8-15-25(22(29)17-11-13-23-14-12-17)24-16-18-9-10-19(26)21(28)20(18)27/h9-14,16,26-28H,2-8,15H2,1H3/b24-16+. The summed E-state index contributed by atoms with van der Waals surface area (Å²) in [5, 5.41) is 34.6. The molecule has 0 bridgehead atoms. The van der Waals surface area contributed by atoms with Crippen molar-refractivity contribution in [3.63, 3.8) is 0 Å². The maximum atomic E-state index is 12.8. The van der Waals surface area contributed by atoms with Gasteiger partial charge in [-0.2, -0.15) is 5.10 Å². The van der Waals surface area contributed by atoms with E-state index in [1.54, 1.807) is 24.5 Å². The Kier molecular flexibility index (Phi) is 8.95. The Balaban J connectivity index is 2.06. The molecule has 1 aromatic heterocycles. The minimum absolute atomic E-state index is 0.201. The maximum absolute atomic E-state index is 12.8. The van der Waals surface area contributed by atoms with Crippen LogP contribution in [0.25, 0.3) is 0 Å². The zero-order valence-electron chi connectivity index (χ0n) is 16.8. The van der Waals surface area contributed by atoms with E-state index in [2.05, 4.69) is 17.0 Å². The van der Waals surface area contributed by atoms with Crippen molar-refractivity contribution in [2.45, 2.75) is 51.9 Å². The number of pyridine rings is 1. The smallest absolute Gasteiger partial charge is 0.274 e. The van der Waals surface area contributed by atoms with Crippen LogP contribution in [-0.4, -0.2) is 44.0 Å². The van der Waals surface area contributed by atoms with Crippen molar-refractivity contribution < 1.29 is 20.1 Å². The van der Waals surface area contributed by atoms with Crippen molar-refractivity contribution in [1.29, 1.82) is 0 Å². The quantitative estimate of drug-likeness (QED) is 0.224. The Labute approximate surface area is 171 Å². The van der Waals surface area contributed by atoms with Crippen LogP contribution in [0.3, 0.4) is 0 Å². The van der Waals surface area contributed by atoms with Gasteiger partial charge in [0.2, 0.25) is 5.75 Å². The second kappa shape index (κ2) is 11.7. The molecule has 2 aromatic rings. The lowest BCUT2D eigenvalue weighted by Gasteiger charge is -2.17. The maximum Gasteiger partial charge on any atom is 0.274 e. The number of aromatic hydroxyl groups is 3. The van der Waals surface area contributed by atoms with Crippen molar-refractivity contribution >= 4 is 12.1 Å². The zero-order chi connectivity index (χ0) is 21.1. The molecule has 0 fully saturated rings. The lowest BCUT2D eigenvalue weighted by atomic mass is 10.1. The highest BCUT2D eigenvalue weighted by atomic mass is 16.3. The van der Waals surface area contributed by atoms with Gasteiger partial charge in [0.1, 0.15) is 0 Å². The monoisotopic (exact) mass is 399 g/mol. The summed E-state index contributed by atoms with van der Waals surface area (Å²) < 4.78 is 0. The number of amides is 1. The number of aromatic nitrogens is 1. The fraction of sp³-hybridized carbons (Fsp3) is 0.409. The van der Waals surface area contributed by atoms with Gasteiger partial charge in [-0.05, 0) is 30.7 Å². The Morgan fingerprint density at radius 3 is 2.31 bits per heavy atom. The summed E-state index contributed by atoms with van der Waals surface area (Å²) in [4.78, 5) is 16.7. The molecule has 0 aliphatic rings. The van der Waals surface area contributed by atoms with Gasteiger partial charge in [-0.3, -0.25) is 9.78 Å². The van der Waals surface area contributed by atoms with Crippen LogP contribution in [-0.2, 0) is 0 Å². The number of carbonyl (C=O) groups excluding carboxylic acids is 1. The first kappa shape index (κ1) is 22.2. The highest BCUT2D eigenvalue weighted by Gasteiger charge is 2.15. The lowest BCUT2D eigenvalue weighted by Crippen LogP contribution is -2.27. The average molecular weight is 399 g/mol. The number of unbranched alkanes of at least 4 members (excludes halogenated alkanes) is 6. The van der Waals surface area contributed by atoms with E-state index in [1.807, 2.05) is 0 Å². The molecule has 0 saturated heterocycles. The topological polar surface area (TPSA) is 106 Å². The van der Waals surface area contributed by atoms with E-state index in [4.69, 9.17) is 0 Å². The molecule has 29 heavy (non-hydrogen) atoms. The van der Waals surface area contributed by atoms with Crippen LogP contribution in [0.5, 0.6) is 17.2 Å². The summed E-state index contributed by atoms with van der Waals surface area (Å²) in [7, 11) is 0. The number of hydrazone groups is 1. The third kappa shape index (κ3) is 6.78. The largest absolute Gasteiger partial charge is 0.504 e. The molecule has 2 rings (SSSR count). The lowest BCUT2D eigenvalue weighted by molar-refractivity contribution is 0.0758. The summed E-state index contributed by atoms with van der Waals surface area (Å²) in [5.74, 6) is -1.79. The molecule has 0 aliphatic carbocycles. The van der Waals surface area contributed by atoms with Crippen LogP contribution in [0.4, 0.5) is 0 Å². The molecule has 7 heteroatoms. The molecule has 3 N–H and O–H groups in total. The van der Waals surface area contributed by atoms with Crippen LogP contribution in [0.2, 0.25) is 0 Å². The number of nitrogens with zero attached hydrogens (tertiary/aromatic N) is 3. The first-order valence-electron chi connectivity index (χ1n) is 10.0. The molecule has 1 amide bonds. The number of hydrogen-bond acceptors (Lipinski definition) is 6. The van der Waals surface area contributed by atoms with Crippen LogP contribution in [0, 0.1) is 0 Å². The first-order valence-corrected chi connectivity index (χ1v) is 10.0. The fourth-order valence-corrected chi connectivity index (χ4v) is 2.89. The van der Waals surface area contributed by atoms with Gasteiger partial charge in [-0.1, -0.05) is 45.4 Å². The van der Waals surface area contributed by atoms with Crippen LogP contribution in [0.1, 0.15) is 67.8 Å². The third-order valence-corrected chi connectivity index (χ3v) is 4.63. The Hall–Kier alpha value is -3.09. The zero-order valence-corrected chi connectivity index (χ0v) is 16.8. The molecule has 7 nitrogen and oxygen atoms in total. The predicted molar refractivity (Wildman–Crippen MR) is 112 cm³/mol. The predicted octanol–water partition coefficient (Wildman–Crippen LogP) is 4.43. The number of rotatable bonds is 11. The third-order valence-electron chi connectivity index (χ3n) is 4.63. The average Bonchev–Trinajstić information content (AvgIpc) is 2.75. The van der Waals surface area contributed by atoms with Gasteiger partial charge in [0, 0.05) is 30.1 Å². The van der Waals surface area contributed by atoms with Gasteiger partial charge < -0.3 is 15.3 Å². The van der Waals surface area contributed by atoms with E-state index in [1.165, 1.54) is 49.0 Å². The number of phenols is 3. The van der Waals surface area contributed by atoms with Crippen LogP contribution >= 0.6 is 0 Å². The second-order valence-corrected chi connectivity index (χ2v) is 6.90. The highest BCUT2D eigenvalue weighted by Crippen LogP contribution is 2.36. The Bertz CT molecular complexity index is 809. The van der Waals surface area contributed by atoms with Crippen molar-refractivity contribution in [2.24, 2.45) is 5.10 Å². The van der Waals surface area contributed by atoms with Crippen LogP contribution in [0.15, 0.2) is 41.8 Å². The van der Waals surface area contributed by atoms with Gasteiger partial charge in [0.15, 0.2) is 11.5 Å². The Morgan fingerprint density at radius 1 is 0.966 bits per heavy atom. The van der Waals surface area contributed by atoms with Crippen molar-refractivity contribution in [3.05, 3.63) is 47.8 Å². The van der Waals surface area contributed by atoms with Gasteiger partial charge in [0.25, 0.3) is 5.91 Å². The summed E-state index contributed by atoms with van der Waals surface area (Å²) in [6.45, 7) is 2.63. The molecular formula is C22H29N3O4. The van der Waals surface area contributed by atoms with E-state index >= 15 is 0 Å². The minimum Gasteiger partial charge on any atom is -0.504 e. The normalized spacial score (nSPS) is 11.1. The van der Waals surface area contributed by atoms with Crippen LogP contribution < -0.4 is 0 Å². The second-order valence-electron chi connectivity index (χ2n) is 6.90. The summed E-state index contributed by atoms with van der Waals surface area (Å²) in [6, 6.07) is 5.91. The molecule has 1 aromatic carbocycles. The van der Waals surface area contributed by atoms with Gasteiger partial charge in [-0.25, -0.2) is 5.01 Å². The SMILES string of the molecule is CCCCCCCCCN(/N=C/c1ccc(O)c(O)c1O)C(=O)c1ccncc1. The minimum atomic E-state index is -0.618. The van der Waals surface area contributed by atoms with E-state index < -0.39 is 17.2 Å². The van der Waals surface area contributed by atoms with E-state index in [-0.39, 0.29) is 11.5 Å². The summed E-state index contributed by atoms with van der Waals surface area (Å²) in [6.07, 6.45) is 12.2.